The van der Waals surface area contributed by atoms with Crippen LogP contribution in [-0.2, 0) is 0 Å². The molecule has 5 aromatic rings. The highest BCUT2D eigenvalue weighted by Gasteiger charge is 2.19. The molecule has 6 heteroatoms. The second kappa shape index (κ2) is 8.72. The van der Waals surface area contributed by atoms with Gasteiger partial charge >= 0.3 is 0 Å². The highest BCUT2D eigenvalue weighted by Crippen LogP contribution is 2.31. The lowest BCUT2D eigenvalue weighted by atomic mass is 9.94. The van der Waals surface area contributed by atoms with Gasteiger partial charge in [-0.2, -0.15) is 0 Å². The number of rotatable bonds is 4. The quantitative estimate of drug-likeness (QED) is 0.229. The van der Waals surface area contributed by atoms with Crippen molar-refractivity contribution in [1.29, 1.82) is 0 Å². The van der Waals surface area contributed by atoms with E-state index in [1.54, 1.807) is 12.1 Å². The third-order valence-electron chi connectivity index (χ3n) is 5.73. The van der Waals surface area contributed by atoms with Crippen LogP contribution >= 0.6 is 15.9 Å². The van der Waals surface area contributed by atoms with E-state index in [2.05, 4.69) is 25.9 Å². The molecule has 3 aromatic carbocycles. The summed E-state index contributed by atoms with van der Waals surface area (Å²) in [5, 5.41) is 1.60. The minimum atomic E-state index is -0.481. The molecule has 0 saturated carbocycles. The minimum Gasteiger partial charge on any atom is -0.321 e. The second-order valence-electron chi connectivity index (χ2n) is 8.10. The molecule has 5 nitrogen and oxygen atoms in total. The van der Waals surface area contributed by atoms with Crippen molar-refractivity contribution in [2.45, 2.75) is 6.92 Å². The van der Waals surface area contributed by atoms with Gasteiger partial charge in [0.2, 0.25) is 0 Å². The molecule has 0 fully saturated rings. The molecule has 5 rings (SSSR count). The van der Waals surface area contributed by atoms with Crippen molar-refractivity contribution < 1.29 is 4.79 Å². The number of aromatic nitrogens is 2. The van der Waals surface area contributed by atoms with E-state index < -0.39 is 11.3 Å². The first-order valence-electron chi connectivity index (χ1n) is 10.7. The van der Waals surface area contributed by atoms with Crippen LogP contribution in [0.3, 0.4) is 0 Å². The Morgan fingerprint density at radius 1 is 0.853 bits per heavy atom. The lowest BCUT2D eigenvalue weighted by Crippen LogP contribution is -2.19. The molecule has 0 spiro atoms. The molecule has 0 aliphatic carbocycles. The Labute approximate surface area is 202 Å². The number of H-pyrrole nitrogens is 2. The van der Waals surface area contributed by atoms with Crippen LogP contribution in [0.15, 0.2) is 92.9 Å². The molecule has 34 heavy (non-hydrogen) atoms. The minimum absolute atomic E-state index is 0.0286. The Balaban J connectivity index is 1.66. The SMILES string of the molecule is Cc1ccc2cc(C=CC(=O)c3c(-c4ccccc4)c4cc(Br)ccc4[nH]c3=O)c(=O)[nH]c2c1. The van der Waals surface area contributed by atoms with Gasteiger partial charge in [0.25, 0.3) is 11.1 Å². The van der Waals surface area contributed by atoms with Gasteiger partial charge in [0.15, 0.2) is 5.78 Å². The second-order valence-corrected chi connectivity index (χ2v) is 9.02. The maximum atomic E-state index is 13.4. The van der Waals surface area contributed by atoms with Gasteiger partial charge in [0, 0.05) is 32.0 Å². The van der Waals surface area contributed by atoms with E-state index in [9.17, 15) is 14.4 Å². The number of carbonyl (C=O) groups excluding carboxylic acids is 1. The molecule has 0 amide bonds. The number of hydrogen-bond donors (Lipinski definition) is 2. The number of hydrogen-bond acceptors (Lipinski definition) is 3. The number of allylic oxidation sites excluding steroid dienone is 1. The number of carbonyl (C=O) groups is 1. The van der Waals surface area contributed by atoms with Gasteiger partial charge in [0.05, 0.1) is 5.56 Å². The number of aryl methyl sites for hydroxylation is 1. The predicted molar refractivity (Wildman–Crippen MR) is 140 cm³/mol. The number of benzene rings is 3. The fraction of sp³-hybridized carbons (Fsp3) is 0.0357. The summed E-state index contributed by atoms with van der Waals surface area (Å²) in [4.78, 5) is 44.6. The van der Waals surface area contributed by atoms with Crippen LogP contribution in [0.4, 0.5) is 0 Å². The van der Waals surface area contributed by atoms with E-state index in [-0.39, 0.29) is 11.1 Å². The zero-order chi connectivity index (χ0) is 23.8. The van der Waals surface area contributed by atoms with Crippen LogP contribution in [0, 0.1) is 6.92 Å². The fourth-order valence-corrected chi connectivity index (χ4v) is 4.47. The summed E-state index contributed by atoms with van der Waals surface area (Å²) in [7, 11) is 0. The zero-order valence-corrected chi connectivity index (χ0v) is 19.8. The molecule has 2 aromatic heterocycles. The van der Waals surface area contributed by atoms with Crippen LogP contribution < -0.4 is 11.1 Å². The standard InChI is InChI=1S/C28H19BrN2O3/c1-16-7-8-18-14-19(27(33)31-23(18)13-16)9-12-24(32)26-25(17-5-3-2-4-6-17)21-15-20(29)10-11-22(21)30-28(26)34/h2-15H,1H3,(H,30,34)(H,31,33). The molecule has 0 atom stereocenters. The van der Waals surface area contributed by atoms with Gasteiger partial charge in [0.1, 0.15) is 0 Å². The molecule has 0 aliphatic heterocycles. The summed E-state index contributed by atoms with van der Waals surface area (Å²) in [5.74, 6) is -0.481. The van der Waals surface area contributed by atoms with Crippen LogP contribution in [-0.4, -0.2) is 15.8 Å². The number of halogens is 1. The average Bonchev–Trinajstić information content (AvgIpc) is 2.82. The Morgan fingerprint density at radius 2 is 1.62 bits per heavy atom. The monoisotopic (exact) mass is 510 g/mol. The fourth-order valence-electron chi connectivity index (χ4n) is 4.11. The Morgan fingerprint density at radius 3 is 2.41 bits per heavy atom. The van der Waals surface area contributed by atoms with Gasteiger partial charge in [-0.05, 0) is 65.9 Å². The highest BCUT2D eigenvalue weighted by molar-refractivity contribution is 9.10. The van der Waals surface area contributed by atoms with Crippen LogP contribution in [0.25, 0.3) is 39.0 Å². The smallest absolute Gasteiger partial charge is 0.260 e. The van der Waals surface area contributed by atoms with E-state index in [1.807, 2.05) is 67.6 Å². The molecule has 2 N–H and O–H groups in total. The summed E-state index contributed by atoms with van der Waals surface area (Å²) in [6, 6.07) is 22.4. The number of nitrogens with one attached hydrogen (secondary N) is 2. The van der Waals surface area contributed by atoms with E-state index >= 15 is 0 Å². The average molecular weight is 511 g/mol. The van der Waals surface area contributed by atoms with Gasteiger partial charge in [-0.15, -0.1) is 0 Å². The summed E-state index contributed by atoms with van der Waals surface area (Å²) in [5.41, 5.74) is 3.30. The summed E-state index contributed by atoms with van der Waals surface area (Å²) < 4.78 is 0.830. The van der Waals surface area contributed by atoms with Crippen molar-refractivity contribution in [1.82, 2.24) is 9.97 Å². The Bertz CT molecular complexity index is 1730. The van der Waals surface area contributed by atoms with E-state index in [1.165, 1.54) is 12.2 Å². The maximum absolute atomic E-state index is 13.4. The number of pyridine rings is 2. The molecular formula is C28H19BrN2O3. The van der Waals surface area contributed by atoms with Crippen molar-refractivity contribution in [3.05, 3.63) is 121 Å². The third-order valence-corrected chi connectivity index (χ3v) is 6.22. The molecule has 0 aliphatic rings. The number of fused-ring (bicyclic) bond motifs is 2. The normalized spacial score (nSPS) is 11.5. The number of ketones is 1. The van der Waals surface area contributed by atoms with Crippen molar-refractivity contribution in [3.8, 4) is 11.1 Å². The molecule has 0 radical (unpaired) electrons. The summed E-state index contributed by atoms with van der Waals surface area (Å²) >= 11 is 3.48. The predicted octanol–water partition coefficient (Wildman–Crippen LogP) is 6.00. The molecule has 0 bridgehead atoms. The topological polar surface area (TPSA) is 82.8 Å². The van der Waals surface area contributed by atoms with Crippen molar-refractivity contribution >= 4 is 49.6 Å². The Hall–Kier alpha value is -4.03. The lowest BCUT2D eigenvalue weighted by Gasteiger charge is -2.12. The van der Waals surface area contributed by atoms with Gasteiger partial charge < -0.3 is 9.97 Å². The van der Waals surface area contributed by atoms with Crippen LogP contribution in [0.2, 0.25) is 0 Å². The summed E-state index contributed by atoms with van der Waals surface area (Å²) in [6.07, 6.45) is 2.74. The van der Waals surface area contributed by atoms with Crippen LogP contribution in [0.5, 0.6) is 0 Å². The van der Waals surface area contributed by atoms with E-state index in [4.69, 9.17) is 0 Å². The van der Waals surface area contributed by atoms with Crippen LogP contribution in [0.1, 0.15) is 21.5 Å². The van der Waals surface area contributed by atoms with E-state index in [0.29, 0.717) is 16.6 Å². The highest BCUT2D eigenvalue weighted by atomic mass is 79.9. The molecule has 166 valence electrons. The van der Waals surface area contributed by atoms with Gasteiger partial charge in [-0.1, -0.05) is 58.4 Å². The molecule has 0 unspecified atom stereocenters. The van der Waals surface area contributed by atoms with Gasteiger partial charge in [-0.25, -0.2) is 0 Å². The first kappa shape index (κ1) is 21.8. The van der Waals surface area contributed by atoms with Gasteiger partial charge in [-0.3, -0.25) is 14.4 Å². The molecule has 2 heterocycles. The number of aromatic amines is 2. The van der Waals surface area contributed by atoms with E-state index in [0.717, 1.165) is 31.9 Å². The molecule has 0 saturated heterocycles. The Kier molecular flexibility index (Phi) is 5.59. The lowest BCUT2D eigenvalue weighted by molar-refractivity contribution is 0.104. The third kappa shape index (κ3) is 4.04. The maximum Gasteiger partial charge on any atom is 0.260 e. The molecular weight excluding hydrogens is 492 g/mol. The van der Waals surface area contributed by atoms with Crippen molar-refractivity contribution in [2.75, 3.05) is 0 Å². The summed E-state index contributed by atoms with van der Waals surface area (Å²) in [6.45, 7) is 1.95. The zero-order valence-electron chi connectivity index (χ0n) is 18.2. The van der Waals surface area contributed by atoms with Crippen molar-refractivity contribution in [2.24, 2.45) is 0 Å². The van der Waals surface area contributed by atoms with Crippen molar-refractivity contribution in [3.63, 3.8) is 0 Å². The first-order chi connectivity index (χ1) is 16.4. The largest absolute Gasteiger partial charge is 0.321 e. The first-order valence-corrected chi connectivity index (χ1v) is 11.5.